The Morgan fingerprint density at radius 1 is 1.24 bits per heavy atom. The van der Waals surface area contributed by atoms with E-state index in [0.717, 1.165) is 25.7 Å². The van der Waals surface area contributed by atoms with Crippen molar-refractivity contribution in [3.63, 3.8) is 0 Å². The van der Waals surface area contributed by atoms with Crippen LogP contribution in [0.1, 0.15) is 51.9 Å². The number of hydrogen-bond acceptors (Lipinski definition) is 0. The van der Waals surface area contributed by atoms with Gasteiger partial charge in [0.2, 0.25) is 0 Å². The van der Waals surface area contributed by atoms with Crippen molar-refractivity contribution in [2.24, 2.45) is 5.92 Å². The largest absolute Gasteiger partial charge is 0.389 e. The van der Waals surface area contributed by atoms with Crippen LogP contribution in [-0.4, -0.2) is 6.18 Å². The van der Waals surface area contributed by atoms with Gasteiger partial charge in [0.15, 0.2) is 0 Å². The molecule has 0 N–H and O–H groups in total. The SMILES string of the molecule is CC(CCCCCC(F)(F)F)C1=CC=CCC1. The highest BCUT2D eigenvalue weighted by Crippen LogP contribution is 2.26. The van der Waals surface area contributed by atoms with E-state index in [-0.39, 0.29) is 6.42 Å². The van der Waals surface area contributed by atoms with Crippen LogP contribution in [0.3, 0.4) is 0 Å². The van der Waals surface area contributed by atoms with E-state index in [1.54, 1.807) is 0 Å². The first-order chi connectivity index (χ1) is 7.99. The summed E-state index contributed by atoms with van der Waals surface area (Å²) in [5.74, 6) is 0.519. The van der Waals surface area contributed by atoms with E-state index in [0.29, 0.717) is 12.3 Å². The fraction of sp³-hybridized carbons (Fsp3) is 0.714. The van der Waals surface area contributed by atoms with E-state index in [1.807, 2.05) is 0 Å². The Morgan fingerprint density at radius 3 is 2.59 bits per heavy atom. The molecule has 0 aromatic carbocycles. The van der Waals surface area contributed by atoms with Gasteiger partial charge in [0.1, 0.15) is 0 Å². The summed E-state index contributed by atoms with van der Waals surface area (Å²) < 4.78 is 35.7. The summed E-state index contributed by atoms with van der Waals surface area (Å²) >= 11 is 0. The molecule has 0 saturated carbocycles. The fourth-order valence-corrected chi connectivity index (χ4v) is 2.17. The van der Waals surface area contributed by atoms with Crippen molar-refractivity contribution in [2.45, 2.75) is 58.0 Å². The molecule has 17 heavy (non-hydrogen) atoms. The van der Waals surface area contributed by atoms with Crippen LogP contribution in [0.5, 0.6) is 0 Å². The summed E-state index contributed by atoms with van der Waals surface area (Å²) in [4.78, 5) is 0. The van der Waals surface area contributed by atoms with Crippen LogP contribution in [0.25, 0.3) is 0 Å². The molecule has 1 atom stereocenters. The van der Waals surface area contributed by atoms with Crippen LogP contribution in [0.2, 0.25) is 0 Å². The topological polar surface area (TPSA) is 0 Å². The van der Waals surface area contributed by atoms with Crippen molar-refractivity contribution < 1.29 is 13.2 Å². The first-order valence-corrected chi connectivity index (χ1v) is 6.41. The molecule has 0 spiro atoms. The molecule has 0 amide bonds. The van der Waals surface area contributed by atoms with Crippen LogP contribution >= 0.6 is 0 Å². The normalized spacial score (nSPS) is 18.0. The highest BCUT2D eigenvalue weighted by atomic mass is 19.4. The van der Waals surface area contributed by atoms with Crippen LogP contribution in [0.15, 0.2) is 23.8 Å². The second-order valence-electron chi connectivity index (χ2n) is 4.82. The van der Waals surface area contributed by atoms with Gasteiger partial charge in [0.05, 0.1) is 0 Å². The summed E-state index contributed by atoms with van der Waals surface area (Å²) in [7, 11) is 0. The quantitative estimate of drug-likeness (QED) is 0.549. The first kappa shape index (κ1) is 14.3. The highest BCUT2D eigenvalue weighted by molar-refractivity contribution is 5.19. The molecule has 0 nitrogen and oxygen atoms in total. The van der Waals surface area contributed by atoms with Crippen molar-refractivity contribution >= 4 is 0 Å². The molecule has 0 radical (unpaired) electrons. The van der Waals surface area contributed by atoms with Crippen LogP contribution < -0.4 is 0 Å². The van der Waals surface area contributed by atoms with Crippen molar-refractivity contribution in [3.05, 3.63) is 23.8 Å². The Bertz CT molecular complexity index is 274. The average molecular weight is 246 g/mol. The third-order valence-corrected chi connectivity index (χ3v) is 3.28. The van der Waals surface area contributed by atoms with E-state index < -0.39 is 12.6 Å². The monoisotopic (exact) mass is 246 g/mol. The number of alkyl halides is 3. The highest BCUT2D eigenvalue weighted by Gasteiger charge is 2.25. The van der Waals surface area contributed by atoms with Gasteiger partial charge in [0, 0.05) is 6.42 Å². The molecule has 1 unspecified atom stereocenters. The predicted octanol–water partition coefficient (Wildman–Crippen LogP) is 5.41. The van der Waals surface area contributed by atoms with E-state index in [2.05, 4.69) is 25.2 Å². The number of allylic oxidation sites excluding steroid dienone is 4. The molecule has 1 aliphatic rings. The lowest BCUT2D eigenvalue weighted by molar-refractivity contribution is -0.135. The van der Waals surface area contributed by atoms with Gasteiger partial charge in [-0.05, 0) is 31.6 Å². The minimum Gasteiger partial charge on any atom is -0.171 e. The summed E-state index contributed by atoms with van der Waals surface area (Å²) in [5.41, 5.74) is 1.45. The molecule has 0 heterocycles. The number of hydrogen-bond donors (Lipinski definition) is 0. The number of rotatable bonds is 6. The van der Waals surface area contributed by atoms with Crippen LogP contribution in [-0.2, 0) is 0 Å². The molecule has 0 fully saturated rings. The minimum atomic E-state index is -3.98. The lowest BCUT2D eigenvalue weighted by Crippen LogP contribution is -2.06. The molecule has 1 rings (SSSR count). The molecule has 0 aromatic rings. The molecule has 3 heteroatoms. The predicted molar refractivity (Wildman–Crippen MR) is 64.8 cm³/mol. The third kappa shape index (κ3) is 6.54. The minimum absolute atomic E-state index is 0.273. The van der Waals surface area contributed by atoms with Gasteiger partial charge in [-0.2, -0.15) is 13.2 Å². The van der Waals surface area contributed by atoms with Crippen molar-refractivity contribution in [1.82, 2.24) is 0 Å². The Labute approximate surface area is 102 Å². The molecule has 0 bridgehead atoms. The first-order valence-electron chi connectivity index (χ1n) is 6.41. The van der Waals surface area contributed by atoms with Crippen LogP contribution in [0.4, 0.5) is 13.2 Å². The number of unbranched alkanes of at least 4 members (excludes halogenated alkanes) is 2. The molecule has 0 aromatic heterocycles. The smallest absolute Gasteiger partial charge is 0.171 e. The summed E-state index contributed by atoms with van der Waals surface area (Å²) in [6.07, 6.45) is 6.86. The van der Waals surface area contributed by atoms with E-state index in [1.165, 1.54) is 5.57 Å². The summed E-state index contributed by atoms with van der Waals surface area (Å²) in [6, 6.07) is 0. The molecule has 1 aliphatic carbocycles. The summed E-state index contributed by atoms with van der Waals surface area (Å²) in [6.45, 7) is 2.18. The van der Waals surface area contributed by atoms with Gasteiger partial charge in [-0.1, -0.05) is 43.6 Å². The van der Waals surface area contributed by atoms with Crippen molar-refractivity contribution in [2.75, 3.05) is 0 Å². The second-order valence-corrected chi connectivity index (χ2v) is 4.82. The zero-order valence-electron chi connectivity index (χ0n) is 10.4. The maximum atomic E-state index is 11.9. The Morgan fingerprint density at radius 2 is 2.00 bits per heavy atom. The molecule has 0 saturated heterocycles. The van der Waals surface area contributed by atoms with E-state index >= 15 is 0 Å². The molecular formula is C14H21F3. The Kier molecular flexibility index (Phi) is 5.79. The fourth-order valence-electron chi connectivity index (χ4n) is 2.17. The molecule has 0 aliphatic heterocycles. The lowest BCUT2D eigenvalue weighted by atomic mass is 9.89. The number of halogens is 3. The van der Waals surface area contributed by atoms with Gasteiger partial charge in [-0.15, -0.1) is 0 Å². The van der Waals surface area contributed by atoms with Gasteiger partial charge < -0.3 is 0 Å². The maximum Gasteiger partial charge on any atom is 0.389 e. The zero-order chi connectivity index (χ0) is 12.7. The van der Waals surface area contributed by atoms with Crippen LogP contribution in [0, 0.1) is 5.92 Å². The van der Waals surface area contributed by atoms with Gasteiger partial charge >= 0.3 is 6.18 Å². The second kappa shape index (κ2) is 6.87. The maximum absolute atomic E-state index is 11.9. The molecular weight excluding hydrogens is 225 g/mol. The van der Waals surface area contributed by atoms with Gasteiger partial charge in [-0.25, -0.2) is 0 Å². The Balaban J connectivity index is 2.10. The molecule has 98 valence electrons. The van der Waals surface area contributed by atoms with E-state index in [4.69, 9.17) is 0 Å². The Hall–Kier alpha value is -0.730. The van der Waals surface area contributed by atoms with Gasteiger partial charge in [-0.3, -0.25) is 0 Å². The summed E-state index contributed by atoms with van der Waals surface area (Å²) in [5, 5.41) is 0. The lowest BCUT2D eigenvalue weighted by Gasteiger charge is -2.17. The standard InChI is InChI=1S/C14H21F3/c1-12(13-9-5-2-6-10-13)8-4-3-7-11-14(15,16)17/h2,5,9,12H,3-4,6-8,10-11H2,1H3. The van der Waals surface area contributed by atoms with Crippen molar-refractivity contribution in [3.8, 4) is 0 Å². The zero-order valence-corrected chi connectivity index (χ0v) is 10.4. The van der Waals surface area contributed by atoms with Crippen molar-refractivity contribution in [1.29, 1.82) is 0 Å². The average Bonchev–Trinajstić information content (AvgIpc) is 2.28. The van der Waals surface area contributed by atoms with E-state index in [9.17, 15) is 13.2 Å². The van der Waals surface area contributed by atoms with Gasteiger partial charge in [0.25, 0.3) is 0 Å². The third-order valence-electron chi connectivity index (χ3n) is 3.28.